The Morgan fingerprint density at radius 1 is 0.360 bits per heavy atom. The van der Waals surface area contributed by atoms with Gasteiger partial charge in [0, 0.05) is 95.5 Å². The van der Waals surface area contributed by atoms with Crippen molar-refractivity contribution in [1.29, 1.82) is 0 Å². The molecule has 1 unspecified atom stereocenters. The van der Waals surface area contributed by atoms with Crippen molar-refractivity contribution in [3.05, 3.63) is 307 Å². The van der Waals surface area contributed by atoms with E-state index in [1.807, 2.05) is 128 Å². The van der Waals surface area contributed by atoms with Crippen LogP contribution in [0.25, 0.3) is 45.0 Å². The second kappa shape index (κ2) is 43.1. The Labute approximate surface area is 706 Å². The minimum atomic E-state index is -0.257. The third kappa shape index (κ3) is 22.6. The third-order valence-corrected chi connectivity index (χ3v) is 24.2. The van der Waals surface area contributed by atoms with Gasteiger partial charge >= 0.3 is 7.12 Å². The Kier molecular flexibility index (Phi) is 33.6. The predicted molar refractivity (Wildman–Crippen MR) is 454 cm³/mol. The van der Waals surface area contributed by atoms with Crippen molar-refractivity contribution in [2.45, 2.75) is 217 Å². The topological polar surface area (TPSA) is 123 Å². The van der Waals surface area contributed by atoms with Crippen LogP contribution in [0, 0.1) is 18.2 Å². The average molecular weight is 1960 g/mol. The van der Waals surface area contributed by atoms with E-state index in [4.69, 9.17) is 19.5 Å². The zero-order valence-corrected chi connectivity index (χ0v) is 73.4. The standard InChI is InChI=1S/C19H27BO2.C18H19N.C18H18N.C13H15Br.2C11H8N.C5H4BrN.2CH4O.2Ir/c1-18(2)19(3,4)22-20(21-18)16-11-14-9-5-7-13-8-6-10-15(12-16)17(13)14;2*1-2-10-19-17(9-1)16-11-14-7-3-5-13-6-4-8-15(12-16)18(13)14;14-12-7-10-5-1-3-9-4-2-6-11(8-12)13(9)10;2*1-2-6-10(7-3-1)11-8-4-5-9-12-11;6-5-3-1-2-4-7-5;2*1-2;;/h11-13H,5-10H2,1-4H3;1-2,9-13H,3-8H2;1-2,9-11,13H,3-8H2;7-9H,1-6H2;2*1-6,8-9H;1-4H;2*2H,1H3;;/q;;-1;;2*-1;;;;;. The van der Waals surface area contributed by atoms with Crippen LogP contribution in [-0.4, -0.2) is 67.7 Å². The molecule has 0 amide bonds. The molecule has 20 rings (SSSR count). The van der Waals surface area contributed by atoms with Crippen LogP contribution in [0.4, 0.5) is 0 Å². The van der Waals surface area contributed by atoms with E-state index in [2.05, 4.69) is 169 Å². The van der Waals surface area contributed by atoms with Crippen molar-refractivity contribution in [1.82, 2.24) is 24.9 Å². The van der Waals surface area contributed by atoms with Crippen molar-refractivity contribution in [2.24, 2.45) is 0 Å². The number of benzene rings is 6. The minimum absolute atomic E-state index is 0. The van der Waals surface area contributed by atoms with Gasteiger partial charge in [0.25, 0.3) is 0 Å². The second-order valence-corrected chi connectivity index (χ2v) is 32.5. The van der Waals surface area contributed by atoms with E-state index in [0.29, 0.717) is 0 Å². The molecule has 0 saturated carbocycles. The quantitative estimate of drug-likeness (QED) is 0.0985. The molecule has 0 spiro atoms. The molecule has 6 heterocycles. The van der Waals surface area contributed by atoms with Gasteiger partial charge in [-0.25, -0.2) is 4.98 Å². The molecule has 582 valence electrons. The van der Waals surface area contributed by atoms with Crippen LogP contribution in [-0.2, 0) is 101 Å². The molecule has 1 saturated heterocycles. The second-order valence-electron chi connectivity index (χ2n) is 30.8. The molecule has 9 nitrogen and oxygen atoms in total. The molecule has 14 heteroatoms. The van der Waals surface area contributed by atoms with Gasteiger partial charge in [-0.3, -0.25) is 4.98 Å². The summed E-state index contributed by atoms with van der Waals surface area (Å²) in [5.41, 5.74) is 28.9. The summed E-state index contributed by atoms with van der Waals surface area (Å²) >= 11 is 6.83. The molecule has 1 aliphatic heterocycles. The third-order valence-electron chi connectivity index (χ3n) is 23.3. The Balaban J connectivity index is 0.000000139. The zero-order chi connectivity index (χ0) is 76.0. The van der Waals surface area contributed by atoms with Gasteiger partial charge in [0.1, 0.15) is 4.60 Å². The number of aryl methyl sites for hydroxylation is 8. The van der Waals surface area contributed by atoms with E-state index in [0.717, 1.165) is 76.4 Å². The van der Waals surface area contributed by atoms with E-state index >= 15 is 0 Å². The number of aliphatic hydroxyl groups is 2. The maximum absolute atomic E-state index is 7.00. The number of aromatic nitrogens is 5. The summed E-state index contributed by atoms with van der Waals surface area (Å²) in [7, 11) is 1.79. The fourth-order valence-corrected chi connectivity index (χ4v) is 18.6. The summed E-state index contributed by atoms with van der Waals surface area (Å²) < 4.78 is 14.7. The summed E-state index contributed by atoms with van der Waals surface area (Å²) in [4.78, 5) is 21.3. The summed E-state index contributed by atoms with van der Waals surface area (Å²) in [5.74, 6) is 3.39. The number of nitrogens with zero attached hydrogens (tertiary/aromatic N) is 5. The van der Waals surface area contributed by atoms with Gasteiger partial charge < -0.3 is 34.5 Å². The number of pyridine rings is 5. The molecule has 0 bridgehead atoms. The molecular formula is C97H107BBr2Ir2N5O4-3. The number of rotatable bonds is 5. The molecule has 6 aromatic carbocycles. The number of aliphatic hydroxyl groups excluding tert-OH is 2. The molecule has 11 aromatic rings. The van der Waals surface area contributed by atoms with Crippen LogP contribution in [0.2, 0.25) is 0 Å². The number of halogens is 2. The minimum Gasteiger partial charge on any atom is -0.400 e. The first-order chi connectivity index (χ1) is 53.4. The molecule has 1 atom stereocenters. The van der Waals surface area contributed by atoms with E-state index in [1.54, 1.807) is 79.8 Å². The normalized spacial score (nSPS) is 17.2. The van der Waals surface area contributed by atoms with Crippen LogP contribution >= 0.6 is 31.9 Å². The van der Waals surface area contributed by atoms with Gasteiger partial charge in [-0.15, -0.1) is 106 Å². The molecule has 1 fully saturated rings. The first-order valence-electron chi connectivity index (χ1n) is 40.0. The van der Waals surface area contributed by atoms with Gasteiger partial charge in [-0.1, -0.05) is 102 Å². The van der Waals surface area contributed by atoms with E-state index < -0.39 is 0 Å². The van der Waals surface area contributed by atoms with Gasteiger partial charge in [0.15, 0.2) is 0 Å². The van der Waals surface area contributed by atoms with E-state index in [1.165, 1.54) is 181 Å². The Bertz CT molecular complexity index is 4250. The predicted octanol–water partition coefficient (Wildman–Crippen LogP) is 22.9. The van der Waals surface area contributed by atoms with Gasteiger partial charge in [-0.05, 0) is 335 Å². The fourth-order valence-electron chi connectivity index (χ4n) is 17.7. The summed E-state index contributed by atoms with van der Waals surface area (Å²) in [6, 6.07) is 71.9. The number of hydrogen-bond acceptors (Lipinski definition) is 9. The molecule has 5 aromatic heterocycles. The zero-order valence-electron chi connectivity index (χ0n) is 65.4. The SMILES string of the molecule is Brc1cc2c3c(c1)CCCC3CCC2.Brc1ccccn1.CC1(C)OB(c2cc3c4c(c2)CCCC4CCC3)OC1(C)C.CO.CO.[Ir].[Ir].[c-]1c(-c2ccccn2)cc2c3c1CCCC3CCC2.[c-]1ccccc1-c1ccccn1.[c-]1ccccc1-c1ccccn1.c1ccc(-c2cc3c4c(c2)CCCC4CCC3)nc1. The van der Waals surface area contributed by atoms with Crippen molar-refractivity contribution >= 4 is 44.4 Å². The molecular weight excluding hydrogens is 1850 g/mol. The first kappa shape index (κ1) is 86.6. The molecule has 2 N–H and O–H groups in total. The van der Waals surface area contributed by atoms with Crippen LogP contribution in [0.5, 0.6) is 0 Å². The van der Waals surface area contributed by atoms with Crippen molar-refractivity contribution < 1.29 is 59.7 Å². The summed E-state index contributed by atoms with van der Waals surface area (Å²) in [6.45, 7) is 8.52. The van der Waals surface area contributed by atoms with Crippen molar-refractivity contribution in [3.63, 3.8) is 0 Å². The Morgan fingerprint density at radius 2 is 0.685 bits per heavy atom. The summed E-state index contributed by atoms with van der Waals surface area (Å²) in [5, 5.41) is 14.0. The van der Waals surface area contributed by atoms with Crippen molar-refractivity contribution in [3.8, 4) is 45.0 Å². The van der Waals surface area contributed by atoms with Gasteiger partial charge in [-0.2, -0.15) is 0 Å². The Hall–Kier alpha value is -6.77. The largest absolute Gasteiger partial charge is 0.494 e. The van der Waals surface area contributed by atoms with Crippen LogP contribution in [0.1, 0.15) is 221 Å². The average Bonchev–Trinajstić information content (AvgIpc) is 1.60. The Morgan fingerprint density at radius 3 is 1.03 bits per heavy atom. The van der Waals surface area contributed by atoms with E-state index in [9.17, 15) is 0 Å². The van der Waals surface area contributed by atoms with Crippen molar-refractivity contribution in [2.75, 3.05) is 14.2 Å². The molecule has 2 radical (unpaired) electrons. The van der Waals surface area contributed by atoms with Gasteiger partial charge in [0.05, 0.1) is 16.9 Å². The van der Waals surface area contributed by atoms with Crippen LogP contribution in [0.3, 0.4) is 0 Å². The van der Waals surface area contributed by atoms with Crippen LogP contribution < -0.4 is 5.46 Å². The molecule has 8 aliphatic carbocycles. The molecule has 111 heavy (non-hydrogen) atoms. The first-order valence-corrected chi connectivity index (χ1v) is 41.6. The van der Waals surface area contributed by atoms with Gasteiger partial charge in [0.2, 0.25) is 0 Å². The van der Waals surface area contributed by atoms with E-state index in [-0.39, 0.29) is 58.5 Å². The maximum Gasteiger partial charge on any atom is 0.494 e. The smallest absolute Gasteiger partial charge is 0.400 e. The van der Waals surface area contributed by atoms with Crippen LogP contribution in [0.15, 0.2) is 222 Å². The molecule has 9 aliphatic rings. The fraction of sp³-hybridized carbons (Fsp3) is 0.371. The maximum atomic E-state index is 7.00. The summed E-state index contributed by atoms with van der Waals surface area (Å²) in [6.07, 6.45) is 41.2. The monoisotopic (exact) mass is 1960 g/mol. The number of hydrogen-bond donors (Lipinski definition) is 2.